The van der Waals surface area contributed by atoms with Crippen molar-refractivity contribution in [3.8, 4) is 5.75 Å². The molecule has 0 heterocycles. The molecule has 1 atom stereocenters. The van der Waals surface area contributed by atoms with E-state index in [4.69, 9.17) is 4.74 Å². The van der Waals surface area contributed by atoms with Crippen LogP contribution in [0.25, 0.3) is 0 Å². The lowest BCUT2D eigenvalue weighted by molar-refractivity contribution is -0.386. The van der Waals surface area contributed by atoms with Gasteiger partial charge >= 0.3 is 17.8 Å². The highest BCUT2D eigenvalue weighted by atomic mass is 32.2. The number of hydrogen-bond donors (Lipinski definition) is 0. The van der Waals surface area contributed by atoms with E-state index >= 15 is 0 Å². The summed E-state index contributed by atoms with van der Waals surface area (Å²) >= 11 is 0. The number of carbonyl (C=O) groups is 1. The molecule has 0 aliphatic rings. The molecule has 0 saturated heterocycles. The number of ether oxygens (including phenoxy) is 2. The van der Waals surface area contributed by atoms with Crippen molar-refractivity contribution in [1.82, 2.24) is 0 Å². The summed E-state index contributed by atoms with van der Waals surface area (Å²) in [5.74, 6) is -1.67. The van der Waals surface area contributed by atoms with Crippen LogP contribution >= 0.6 is 0 Å². The number of nitrogens with zero attached hydrogens (tertiary/aromatic N) is 1. The van der Waals surface area contributed by atoms with Gasteiger partial charge in [-0.15, -0.1) is 0 Å². The summed E-state index contributed by atoms with van der Waals surface area (Å²) in [7, 11) is -1.47. The molecule has 0 aromatic heterocycles. The molecule has 0 radical (unpaired) electrons. The summed E-state index contributed by atoms with van der Waals surface area (Å²) in [5.41, 5.74) is -0.559. The van der Waals surface area contributed by atoms with E-state index in [2.05, 4.69) is 4.74 Å². The summed E-state index contributed by atoms with van der Waals surface area (Å²) in [6.45, 7) is -2.70. The van der Waals surface area contributed by atoms with Crippen molar-refractivity contribution in [1.29, 1.82) is 0 Å². The van der Waals surface area contributed by atoms with Gasteiger partial charge in [-0.25, -0.2) is 4.79 Å². The van der Waals surface area contributed by atoms with Gasteiger partial charge in [0.05, 0.1) is 15.7 Å². The van der Waals surface area contributed by atoms with Gasteiger partial charge in [-0.05, 0) is 12.1 Å². The van der Waals surface area contributed by atoms with Crippen LogP contribution in [0.4, 0.5) is 18.9 Å². The minimum atomic E-state index is -4.67. The highest BCUT2D eigenvalue weighted by molar-refractivity contribution is 7.84. The number of nitro benzene ring substituents is 1. The van der Waals surface area contributed by atoms with Crippen molar-refractivity contribution in [2.24, 2.45) is 0 Å². The van der Waals surface area contributed by atoms with Crippen LogP contribution in [0, 0.1) is 10.1 Å². The molecular weight excluding hydrogens is 331 g/mol. The maximum Gasteiger partial charge on any atom is 0.422 e. The molecule has 122 valence electrons. The molecule has 0 aliphatic heterocycles. The molecular formula is C11H10F3NO6S. The number of hydrogen-bond acceptors (Lipinski definition) is 6. The van der Waals surface area contributed by atoms with E-state index in [1.807, 2.05) is 0 Å². The van der Waals surface area contributed by atoms with Crippen molar-refractivity contribution >= 4 is 22.5 Å². The molecule has 0 saturated carbocycles. The molecule has 11 heteroatoms. The number of rotatable bonds is 6. The van der Waals surface area contributed by atoms with Crippen molar-refractivity contribution < 1.29 is 36.6 Å². The first kappa shape index (κ1) is 17.9. The standard InChI is InChI=1S/C11H10F3NO6S/c1-22(19)7-2-3-9(8(4-7)15(17)18)20-5-10(16)21-6-11(12,13)14/h2-4H,5-6H2,1H3. The lowest BCUT2D eigenvalue weighted by atomic mass is 10.3. The van der Waals surface area contributed by atoms with E-state index in [0.29, 0.717) is 0 Å². The molecule has 0 N–H and O–H groups in total. The molecule has 0 aliphatic carbocycles. The molecule has 1 unspecified atom stereocenters. The minimum absolute atomic E-state index is 0.165. The second-order valence-corrected chi connectivity index (χ2v) is 5.28. The van der Waals surface area contributed by atoms with Crippen molar-refractivity contribution in [2.75, 3.05) is 19.5 Å². The minimum Gasteiger partial charge on any atom is -0.475 e. The maximum absolute atomic E-state index is 11.8. The molecule has 22 heavy (non-hydrogen) atoms. The first-order valence-electron chi connectivity index (χ1n) is 5.57. The smallest absolute Gasteiger partial charge is 0.422 e. The molecule has 1 rings (SSSR count). The second-order valence-electron chi connectivity index (χ2n) is 3.91. The third-order valence-corrected chi connectivity index (χ3v) is 3.12. The number of benzene rings is 1. The van der Waals surface area contributed by atoms with Crippen LogP contribution in [-0.4, -0.2) is 40.7 Å². The topological polar surface area (TPSA) is 95.7 Å². The molecule has 0 bridgehead atoms. The zero-order valence-corrected chi connectivity index (χ0v) is 11.9. The van der Waals surface area contributed by atoms with E-state index in [0.717, 1.165) is 12.1 Å². The van der Waals surface area contributed by atoms with Crippen molar-refractivity contribution in [3.63, 3.8) is 0 Å². The van der Waals surface area contributed by atoms with Crippen LogP contribution in [0.2, 0.25) is 0 Å². The summed E-state index contributed by atoms with van der Waals surface area (Å²) in [6, 6.07) is 3.37. The summed E-state index contributed by atoms with van der Waals surface area (Å²) in [5, 5.41) is 10.9. The van der Waals surface area contributed by atoms with Gasteiger partial charge in [-0.3, -0.25) is 14.3 Å². The van der Waals surface area contributed by atoms with Crippen LogP contribution in [-0.2, 0) is 20.3 Å². The molecule has 0 spiro atoms. The highest BCUT2D eigenvalue weighted by Gasteiger charge is 2.29. The van der Waals surface area contributed by atoms with Crippen LogP contribution < -0.4 is 4.74 Å². The molecule has 0 amide bonds. The Morgan fingerprint density at radius 2 is 2.05 bits per heavy atom. The van der Waals surface area contributed by atoms with E-state index in [9.17, 15) is 32.3 Å². The van der Waals surface area contributed by atoms with E-state index in [-0.39, 0.29) is 10.6 Å². The highest BCUT2D eigenvalue weighted by Crippen LogP contribution is 2.29. The zero-order chi connectivity index (χ0) is 16.9. The van der Waals surface area contributed by atoms with E-state index in [1.54, 1.807) is 0 Å². The van der Waals surface area contributed by atoms with Crippen LogP contribution in [0.3, 0.4) is 0 Å². The number of alkyl halides is 3. The largest absolute Gasteiger partial charge is 0.475 e. The Morgan fingerprint density at radius 3 is 2.55 bits per heavy atom. The fourth-order valence-corrected chi connectivity index (χ4v) is 1.82. The molecule has 1 aromatic carbocycles. The fraction of sp³-hybridized carbons (Fsp3) is 0.364. The summed E-state index contributed by atoms with van der Waals surface area (Å²) < 4.78 is 55.4. The average molecular weight is 341 g/mol. The third-order valence-electron chi connectivity index (χ3n) is 2.20. The van der Waals surface area contributed by atoms with Gasteiger partial charge < -0.3 is 9.47 Å². The quantitative estimate of drug-likeness (QED) is 0.445. The number of halogens is 3. The molecule has 0 fully saturated rings. The van der Waals surface area contributed by atoms with Gasteiger partial charge in [0.2, 0.25) is 0 Å². The predicted molar refractivity (Wildman–Crippen MR) is 67.9 cm³/mol. The van der Waals surface area contributed by atoms with E-state index < -0.39 is 46.8 Å². The maximum atomic E-state index is 11.8. The Hall–Kier alpha value is -2.17. The predicted octanol–water partition coefficient (Wildman–Crippen LogP) is 1.82. The zero-order valence-electron chi connectivity index (χ0n) is 11.1. The lowest BCUT2D eigenvalue weighted by Gasteiger charge is -2.09. The summed E-state index contributed by atoms with van der Waals surface area (Å²) in [4.78, 5) is 21.3. The number of carbonyl (C=O) groups excluding carboxylic acids is 1. The van der Waals surface area contributed by atoms with Crippen LogP contribution in [0.5, 0.6) is 5.75 Å². The molecule has 7 nitrogen and oxygen atoms in total. The van der Waals surface area contributed by atoms with Gasteiger partial charge in [0.25, 0.3) is 0 Å². The van der Waals surface area contributed by atoms with Crippen LogP contribution in [0.15, 0.2) is 23.1 Å². The normalized spacial score (nSPS) is 12.5. The number of nitro groups is 1. The SMILES string of the molecule is CS(=O)c1ccc(OCC(=O)OCC(F)(F)F)c([N+](=O)[O-])c1. The fourth-order valence-electron chi connectivity index (χ4n) is 1.28. The van der Waals surface area contributed by atoms with Gasteiger partial charge in [-0.1, -0.05) is 0 Å². The lowest BCUT2D eigenvalue weighted by Crippen LogP contribution is -2.23. The van der Waals surface area contributed by atoms with Crippen molar-refractivity contribution in [3.05, 3.63) is 28.3 Å². The van der Waals surface area contributed by atoms with E-state index in [1.165, 1.54) is 12.3 Å². The second kappa shape index (κ2) is 7.20. The Balaban J connectivity index is 2.75. The number of esters is 1. The Bertz CT molecular complexity index is 604. The molecule has 1 aromatic rings. The van der Waals surface area contributed by atoms with Crippen LogP contribution in [0.1, 0.15) is 0 Å². The summed E-state index contributed by atoms with van der Waals surface area (Å²) in [6.07, 6.45) is -3.36. The van der Waals surface area contributed by atoms with Gasteiger partial charge in [0, 0.05) is 17.2 Å². The van der Waals surface area contributed by atoms with Crippen molar-refractivity contribution in [2.45, 2.75) is 11.1 Å². The van der Waals surface area contributed by atoms with Gasteiger partial charge in [-0.2, -0.15) is 13.2 Å². The van der Waals surface area contributed by atoms with Gasteiger partial charge in [0.15, 0.2) is 19.0 Å². The van der Waals surface area contributed by atoms with Gasteiger partial charge in [0.1, 0.15) is 0 Å². The monoisotopic (exact) mass is 341 g/mol. The third kappa shape index (κ3) is 5.68. The first-order chi connectivity index (χ1) is 10.1. The Labute approximate surface area is 124 Å². The Morgan fingerprint density at radius 1 is 1.41 bits per heavy atom. The Kier molecular flexibility index (Phi) is 5.85. The average Bonchev–Trinajstić information content (AvgIpc) is 2.41. The first-order valence-corrected chi connectivity index (χ1v) is 7.13.